The topological polar surface area (TPSA) is 21.3 Å². The molecule has 1 fully saturated rings. The Morgan fingerprint density at radius 1 is 1.31 bits per heavy atom. The lowest BCUT2D eigenvalue weighted by Gasteiger charge is -2.28. The van der Waals surface area contributed by atoms with Crippen LogP contribution < -0.4 is 5.32 Å². The molecule has 1 aromatic rings. The molecule has 1 aliphatic rings. The first-order chi connectivity index (χ1) is 7.65. The third kappa shape index (κ3) is 2.13. The third-order valence-electron chi connectivity index (χ3n) is 3.56. The number of benzene rings is 1. The lowest BCUT2D eigenvalue weighted by molar-refractivity contribution is 0.0181. The Labute approximate surface area is 98.0 Å². The van der Waals surface area contributed by atoms with Crippen LogP contribution in [0.1, 0.15) is 43.9 Å². The quantitative estimate of drug-likeness (QED) is 0.843. The van der Waals surface area contributed by atoms with Gasteiger partial charge in [-0.15, -0.1) is 0 Å². The van der Waals surface area contributed by atoms with E-state index in [1.165, 1.54) is 24.0 Å². The fraction of sp³-hybridized carbons (Fsp3) is 0.571. The largest absolute Gasteiger partial charge is 0.374 e. The van der Waals surface area contributed by atoms with Gasteiger partial charge in [0.25, 0.3) is 0 Å². The Morgan fingerprint density at radius 3 is 2.69 bits per heavy atom. The zero-order valence-electron chi connectivity index (χ0n) is 10.4. The summed E-state index contributed by atoms with van der Waals surface area (Å²) < 4.78 is 5.60. The molecule has 0 amide bonds. The monoisotopic (exact) mass is 219 g/mol. The Hall–Kier alpha value is -0.860. The molecular formula is C14H21NO. The summed E-state index contributed by atoms with van der Waals surface area (Å²) in [5, 5.41) is 3.55. The van der Waals surface area contributed by atoms with Crippen molar-refractivity contribution in [2.45, 2.75) is 38.3 Å². The van der Waals surface area contributed by atoms with Gasteiger partial charge in [0.15, 0.2) is 0 Å². The normalized spacial score (nSPS) is 21.3. The first-order valence-corrected chi connectivity index (χ1v) is 6.03. The van der Waals surface area contributed by atoms with E-state index in [1.54, 1.807) is 7.11 Å². The fourth-order valence-electron chi connectivity index (χ4n) is 2.41. The standard InChI is InChI=1S/C14H21NO/c1-14(2,16-3)12-8-5-4-7-11(12)13-9-6-10-15-13/h4-5,7-8,13,15H,6,9-10H2,1-3H3. The fourth-order valence-corrected chi connectivity index (χ4v) is 2.41. The number of ether oxygens (including phenoxy) is 1. The minimum atomic E-state index is -0.207. The number of nitrogens with one attached hydrogen (secondary N) is 1. The van der Waals surface area contributed by atoms with E-state index in [0.717, 1.165) is 6.54 Å². The minimum absolute atomic E-state index is 0.207. The molecule has 0 aromatic heterocycles. The Morgan fingerprint density at radius 2 is 2.06 bits per heavy atom. The Balaban J connectivity index is 2.37. The SMILES string of the molecule is COC(C)(C)c1ccccc1C1CCCN1. The van der Waals surface area contributed by atoms with Gasteiger partial charge in [0.05, 0.1) is 5.60 Å². The van der Waals surface area contributed by atoms with Crippen molar-refractivity contribution < 1.29 is 4.74 Å². The maximum atomic E-state index is 5.60. The van der Waals surface area contributed by atoms with Crippen LogP contribution in [0.2, 0.25) is 0 Å². The maximum absolute atomic E-state index is 5.60. The molecule has 1 aliphatic heterocycles. The summed E-state index contributed by atoms with van der Waals surface area (Å²) in [6.45, 7) is 5.38. The van der Waals surface area contributed by atoms with Crippen LogP contribution in [-0.4, -0.2) is 13.7 Å². The molecule has 0 radical (unpaired) electrons. The van der Waals surface area contributed by atoms with Crippen LogP contribution in [-0.2, 0) is 10.3 Å². The van der Waals surface area contributed by atoms with Crippen molar-refractivity contribution in [2.75, 3.05) is 13.7 Å². The van der Waals surface area contributed by atoms with Gasteiger partial charge in [0, 0.05) is 13.2 Å². The van der Waals surface area contributed by atoms with Crippen LogP contribution in [0.25, 0.3) is 0 Å². The molecule has 0 saturated carbocycles. The highest BCUT2D eigenvalue weighted by Gasteiger charge is 2.27. The summed E-state index contributed by atoms with van der Waals surface area (Å²) in [6, 6.07) is 9.11. The van der Waals surface area contributed by atoms with Gasteiger partial charge in [0.1, 0.15) is 0 Å². The van der Waals surface area contributed by atoms with E-state index in [1.807, 2.05) is 0 Å². The van der Waals surface area contributed by atoms with Crippen molar-refractivity contribution in [3.05, 3.63) is 35.4 Å². The lowest BCUT2D eigenvalue weighted by atomic mass is 9.89. The molecule has 2 heteroatoms. The van der Waals surface area contributed by atoms with Gasteiger partial charge >= 0.3 is 0 Å². The lowest BCUT2D eigenvalue weighted by Crippen LogP contribution is -2.24. The molecule has 2 nitrogen and oxygen atoms in total. The molecule has 1 saturated heterocycles. The number of rotatable bonds is 3. The van der Waals surface area contributed by atoms with Crippen LogP contribution in [0.5, 0.6) is 0 Å². The van der Waals surface area contributed by atoms with Crippen LogP contribution in [0.3, 0.4) is 0 Å². The predicted molar refractivity (Wildman–Crippen MR) is 66.5 cm³/mol. The van der Waals surface area contributed by atoms with Crippen LogP contribution in [0.4, 0.5) is 0 Å². The van der Waals surface area contributed by atoms with Gasteiger partial charge in [0.2, 0.25) is 0 Å². The summed E-state index contributed by atoms with van der Waals surface area (Å²) in [6.07, 6.45) is 2.50. The van der Waals surface area contributed by atoms with Crippen molar-refractivity contribution in [3.63, 3.8) is 0 Å². The number of hydrogen-bond acceptors (Lipinski definition) is 2. The molecule has 1 N–H and O–H groups in total. The summed E-state index contributed by atoms with van der Waals surface area (Å²) in [5.41, 5.74) is 2.49. The molecule has 0 aliphatic carbocycles. The molecule has 2 rings (SSSR count). The zero-order chi connectivity index (χ0) is 11.6. The Kier molecular flexibility index (Phi) is 3.31. The molecule has 88 valence electrons. The molecule has 16 heavy (non-hydrogen) atoms. The molecule has 0 bridgehead atoms. The third-order valence-corrected chi connectivity index (χ3v) is 3.56. The molecule has 1 atom stereocenters. The highest BCUT2D eigenvalue weighted by atomic mass is 16.5. The highest BCUT2D eigenvalue weighted by Crippen LogP contribution is 2.33. The van der Waals surface area contributed by atoms with Crippen LogP contribution in [0.15, 0.2) is 24.3 Å². The predicted octanol–water partition coefficient (Wildman–Crippen LogP) is 2.99. The second kappa shape index (κ2) is 4.56. The number of methoxy groups -OCH3 is 1. The second-order valence-corrected chi connectivity index (χ2v) is 4.95. The van der Waals surface area contributed by atoms with Gasteiger partial charge in [-0.1, -0.05) is 24.3 Å². The second-order valence-electron chi connectivity index (χ2n) is 4.95. The Bertz CT molecular complexity index is 354. The van der Waals surface area contributed by atoms with E-state index in [-0.39, 0.29) is 5.60 Å². The van der Waals surface area contributed by atoms with E-state index < -0.39 is 0 Å². The van der Waals surface area contributed by atoms with Gasteiger partial charge < -0.3 is 10.1 Å². The van der Waals surface area contributed by atoms with Gasteiger partial charge in [-0.05, 0) is 44.4 Å². The summed E-state index contributed by atoms with van der Waals surface area (Å²) >= 11 is 0. The smallest absolute Gasteiger partial charge is 0.0874 e. The first-order valence-electron chi connectivity index (χ1n) is 6.03. The van der Waals surface area contributed by atoms with Crippen molar-refractivity contribution in [3.8, 4) is 0 Å². The van der Waals surface area contributed by atoms with E-state index in [0.29, 0.717) is 6.04 Å². The van der Waals surface area contributed by atoms with Crippen LogP contribution >= 0.6 is 0 Å². The van der Waals surface area contributed by atoms with Crippen molar-refractivity contribution in [1.29, 1.82) is 0 Å². The molecule has 0 spiro atoms. The van der Waals surface area contributed by atoms with Crippen molar-refractivity contribution in [2.24, 2.45) is 0 Å². The molecule has 1 heterocycles. The van der Waals surface area contributed by atoms with E-state index in [9.17, 15) is 0 Å². The van der Waals surface area contributed by atoms with E-state index in [4.69, 9.17) is 4.74 Å². The van der Waals surface area contributed by atoms with E-state index in [2.05, 4.69) is 43.4 Å². The van der Waals surface area contributed by atoms with Gasteiger partial charge in [-0.25, -0.2) is 0 Å². The van der Waals surface area contributed by atoms with E-state index >= 15 is 0 Å². The molecule has 1 unspecified atom stereocenters. The van der Waals surface area contributed by atoms with Crippen molar-refractivity contribution >= 4 is 0 Å². The molecular weight excluding hydrogens is 198 g/mol. The summed E-state index contributed by atoms with van der Waals surface area (Å²) in [5.74, 6) is 0. The summed E-state index contributed by atoms with van der Waals surface area (Å²) in [4.78, 5) is 0. The minimum Gasteiger partial charge on any atom is -0.374 e. The van der Waals surface area contributed by atoms with Gasteiger partial charge in [-0.3, -0.25) is 0 Å². The first kappa shape index (κ1) is 11.6. The van der Waals surface area contributed by atoms with Gasteiger partial charge in [-0.2, -0.15) is 0 Å². The van der Waals surface area contributed by atoms with Crippen LogP contribution in [0, 0.1) is 0 Å². The average molecular weight is 219 g/mol. The highest BCUT2D eigenvalue weighted by molar-refractivity contribution is 5.34. The zero-order valence-corrected chi connectivity index (χ0v) is 10.4. The average Bonchev–Trinajstić information content (AvgIpc) is 2.82. The maximum Gasteiger partial charge on any atom is 0.0874 e. The molecule has 1 aromatic carbocycles. The van der Waals surface area contributed by atoms with Crippen molar-refractivity contribution in [1.82, 2.24) is 5.32 Å². The number of hydrogen-bond donors (Lipinski definition) is 1. The summed E-state index contributed by atoms with van der Waals surface area (Å²) in [7, 11) is 1.78.